The van der Waals surface area contributed by atoms with Crippen molar-refractivity contribution in [2.24, 2.45) is 29.6 Å². The van der Waals surface area contributed by atoms with Crippen molar-refractivity contribution in [2.45, 2.75) is 70.3 Å². The summed E-state index contributed by atoms with van der Waals surface area (Å²) >= 11 is 0. The molecule has 0 aromatic carbocycles. The summed E-state index contributed by atoms with van der Waals surface area (Å²) in [5, 5.41) is 0. The lowest BCUT2D eigenvalue weighted by atomic mass is 9.51. The molecule has 0 heterocycles. The molecule has 0 aromatic heterocycles. The van der Waals surface area contributed by atoms with Gasteiger partial charge in [-0.2, -0.15) is 0 Å². The Balaban J connectivity index is 1.47. The van der Waals surface area contributed by atoms with E-state index in [-0.39, 0.29) is 0 Å². The number of carbonyl (C=O) groups excluding carboxylic acids is 1. The van der Waals surface area contributed by atoms with Gasteiger partial charge in [0.2, 0.25) is 5.91 Å². The van der Waals surface area contributed by atoms with Crippen LogP contribution in [-0.4, -0.2) is 23.9 Å². The van der Waals surface area contributed by atoms with Gasteiger partial charge in [-0.25, -0.2) is 0 Å². The molecule has 1 amide bonds. The minimum Gasteiger partial charge on any atom is -0.343 e. The van der Waals surface area contributed by atoms with E-state index in [4.69, 9.17) is 0 Å². The van der Waals surface area contributed by atoms with Crippen LogP contribution in [0.5, 0.6) is 0 Å². The normalized spacial score (nSPS) is 43.8. The van der Waals surface area contributed by atoms with Crippen LogP contribution in [-0.2, 0) is 4.79 Å². The summed E-state index contributed by atoms with van der Waals surface area (Å²) in [7, 11) is 2.10. The van der Waals surface area contributed by atoms with Crippen molar-refractivity contribution in [3.8, 4) is 0 Å². The van der Waals surface area contributed by atoms with E-state index in [0.29, 0.717) is 17.9 Å². The third kappa shape index (κ3) is 2.10. The van der Waals surface area contributed by atoms with Crippen LogP contribution in [0.4, 0.5) is 0 Å². The van der Waals surface area contributed by atoms with Crippen molar-refractivity contribution in [1.29, 1.82) is 0 Å². The van der Waals surface area contributed by atoms with Gasteiger partial charge in [-0.1, -0.05) is 19.3 Å². The Hall–Kier alpha value is -0.530. The molecule has 5 aliphatic rings. The summed E-state index contributed by atoms with van der Waals surface area (Å²) in [5.41, 5.74) is 0. The van der Waals surface area contributed by atoms with E-state index >= 15 is 0 Å². The van der Waals surface area contributed by atoms with Gasteiger partial charge in [0, 0.05) is 19.0 Å². The average Bonchev–Trinajstić information content (AvgIpc) is 2.46. The van der Waals surface area contributed by atoms with E-state index < -0.39 is 0 Å². The highest BCUT2D eigenvalue weighted by molar-refractivity contribution is 5.80. The summed E-state index contributed by atoms with van der Waals surface area (Å²) in [6.07, 6.45) is 13.4. The lowest BCUT2D eigenvalue weighted by Crippen LogP contribution is -2.53. The zero-order chi connectivity index (χ0) is 13.7. The van der Waals surface area contributed by atoms with Gasteiger partial charge in [-0.15, -0.1) is 0 Å². The Labute approximate surface area is 123 Å². The lowest BCUT2D eigenvalue weighted by Gasteiger charge is -2.54. The molecule has 0 unspecified atom stereocenters. The molecule has 0 radical (unpaired) electrons. The first-order chi connectivity index (χ1) is 9.72. The van der Waals surface area contributed by atoms with Gasteiger partial charge >= 0.3 is 0 Å². The molecule has 0 aliphatic heterocycles. The average molecular weight is 275 g/mol. The van der Waals surface area contributed by atoms with Crippen molar-refractivity contribution in [3.05, 3.63) is 0 Å². The number of hydrogen-bond acceptors (Lipinski definition) is 1. The molecule has 0 aromatic rings. The van der Waals surface area contributed by atoms with E-state index in [2.05, 4.69) is 11.9 Å². The topological polar surface area (TPSA) is 20.3 Å². The van der Waals surface area contributed by atoms with Crippen LogP contribution in [0.2, 0.25) is 0 Å². The number of nitrogens with zero attached hydrogens (tertiary/aromatic N) is 1. The van der Waals surface area contributed by atoms with E-state index in [9.17, 15) is 4.79 Å². The standard InChI is InChI=1S/C18H29NO/c1-19(16-5-3-2-4-6-16)18(20)17-14-8-12-7-13(10-14)11-15(17)9-12/h12-17H,2-11H2,1H3. The van der Waals surface area contributed by atoms with Gasteiger partial charge in [0.1, 0.15) is 0 Å². The maximum atomic E-state index is 13.1. The van der Waals surface area contributed by atoms with Crippen LogP contribution in [0.15, 0.2) is 0 Å². The van der Waals surface area contributed by atoms with Gasteiger partial charge in [0.15, 0.2) is 0 Å². The minimum absolute atomic E-state index is 0.398. The van der Waals surface area contributed by atoms with E-state index in [0.717, 1.165) is 23.7 Å². The quantitative estimate of drug-likeness (QED) is 0.749. The highest BCUT2D eigenvalue weighted by Gasteiger charge is 2.51. The fraction of sp³-hybridized carbons (Fsp3) is 0.944. The van der Waals surface area contributed by atoms with Crippen molar-refractivity contribution in [1.82, 2.24) is 4.90 Å². The summed E-state index contributed by atoms with van der Waals surface area (Å²) in [6.45, 7) is 0. The molecular weight excluding hydrogens is 246 g/mol. The molecule has 5 aliphatic carbocycles. The lowest BCUT2D eigenvalue weighted by molar-refractivity contribution is -0.150. The van der Waals surface area contributed by atoms with Crippen molar-refractivity contribution in [3.63, 3.8) is 0 Å². The number of amides is 1. The van der Waals surface area contributed by atoms with Crippen LogP contribution in [0.25, 0.3) is 0 Å². The molecule has 0 N–H and O–H groups in total. The second-order valence-corrected chi connectivity index (χ2v) is 8.20. The Kier molecular flexibility index (Phi) is 3.31. The molecule has 0 saturated heterocycles. The Morgan fingerprint density at radius 2 is 1.40 bits per heavy atom. The Morgan fingerprint density at radius 1 is 0.850 bits per heavy atom. The second kappa shape index (κ2) is 5.03. The van der Waals surface area contributed by atoms with Gasteiger partial charge < -0.3 is 4.90 Å². The molecule has 5 rings (SSSR count). The molecule has 5 fully saturated rings. The summed E-state index contributed by atoms with van der Waals surface area (Å²) in [5.74, 6) is 4.35. The molecule has 20 heavy (non-hydrogen) atoms. The van der Waals surface area contributed by atoms with Crippen molar-refractivity contribution in [2.75, 3.05) is 7.05 Å². The van der Waals surface area contributed by atoms with E-state index in [1.807, 2.05) is 0 Å². The Morgan fingerprint density at radius 3 is 1.95 bits per heavy atom. The van der Waals surface area contributed by atoms with Crippen LogP contribution < -0.4 is 0 Å². The third-order valence-corrected chi connectivity index (χ3v) is 6.98. The molecule has 2 heteroatoms. The summed E-state index contributed by atoms with van der Waals surface area (Å²) < 4.78 is 0. The first-order valence-corrected chi connectivity index (χ1v) is 8.99. The van der Waals surface area contributed by atoms with Crippen molar-refractivity contribution < 1.29 is 4.79 Å². The molecular formula is C18H29NO. The summed E-state index contributed by atoms with van der Waals surface area (Å²) in [6, 6.07) is 0.549. The maximum Gasteiger partial charge on any atom is 0.226 e. The zero-order valence-corrected chi connectivity index (χ0v) is 12.9. The highest BCUT2D eigenvalue weighted by atomic mass is 16.2. The van der Waals surface area contributed by atoms with Gasteiger partial charge in [0.25, 0.3) is 0 Å². The first-order valence-electron chi connectivity index (χ1n) is 8.99. The molecule has 2 nitrogen and oxygen atoms in total. The Bertz CT molecular complexity index is 357. The van der Waals surface area contributed by atoms with E-state index in [1.165, 1.54) is 64.2 Å². The van der Waals surface area contributed by atoms with Crippen LogP contribution >= 0.6 is 0 Å². The van der Waals surface area contributed by atoms with Crippen LogP contribution in [0.3, 0.4) is 0 Å². The summed E-state index contributed by atoms with van der Waals surface area (Å²) in [4.78, 5) is 15.2. The highest BCUT2D eigenvalue weighted by Crippen LogP contribution is 2.56. The monoisotopic (exact) mass is 275 g/mol. The third-order valence-electron chi connectivity index (χ3n) is 6.98. The molecule has 112 valence electrons. The largest absolute Gasteiger partial charge is 0.343 e. The fourth-order valence-electron chi connectivity index (χ4n) is 6.21. The molecule has 0 spiro atoms. The number of hydrogen-bond donors (Lipinski definition) is 0. The smallest absolute Gasteiger partial charge is 0.226 e. The second-order valence-electron chi connectivity index (χ2n) is 8.20. The van der Waals surface area contributed by atoms with Gasteiger partial charge in [0.05, 0.1) is 0 Å². The fourth-order valence-corrected chi connectivity index (χ4v) is 6.21. The first kappa shape index (κ1) is 13.2. The van der Waals surface area contributed by atoms with Gasteiger partial charge in [-0.05, 0) is 68.6 Å². The predicted octanol–water partition coefficient (Wildman–Crippen LogP) is 3.85. The van der Waals surface area contributed by atoms with Crippen molar-refractivity contribution >= 4 is 5.91 Å². The minimum atomic E-state index is 0.398. The predicted molar refractivity (Wildman–Crippen MR) is 80.2 cm³/mol. The molecule has 0 atom stereocenters. The maximum absolute atomic E-state index is 13.1. The van der Waals surface area contributed by atoms with E-state index in [1.54, 1.807) is 0 Å². The van der Waals surface area contributed by atoms with Gasteiger partial charge in [-0.3, -0.25) is 4.79 Å². The van der Waals surface area contributed by atoms with Crippen LogP contribution in [0.1, 0.15) is 64.2 Å². The molecule has 4 bridgehead atoms. The SMILES string of the molecule is CN(C(=O)C1C2CC3CC(C2)CC1C3)C1CCCCC1. The molecule has 5 saturated carbocycles. The zero-order valence-electron chi connectivity index (χ0n) is 12.9. The number of carbonyl (C=O) groups is 1. The number of rotatable bonds is 2. The van der Waals surface area contributed by atoms with Crippen LogP contribution in [0, 0.1) is 29.6 Å².